The van der Waals surface area contributed by atoms with Crippen molar-refractivity contribution in [3.8, 4) is 0 Å². The molecule has 0 heterocycles. The van der Waals surface area contributed by atoms with Crippen LogP contribution in [0.5, 0.6) is 0 Å². The highest BCUT2D eigenvalue weighted by Gasteiger charge is 2.43. The minimum Gasteiger partial charge on any atom is -0.368 e. The molecule has 1 fully saturated rings. The topological polar surface area (TPSA) is 63.4 Å². The molecule has 0 saturated heterocycles. The van der Waals surface area contributed by atoms with Crippen LogP contribution in [0.2, 0.25) is 0 Å². The summed E-state index contributed by atoms with van der Waals surface area (Å²) in [5, 5.41) is 0. The number of carbonyl (C=O) groups is 2. The van der Waals surface area contributed by atoms with E-state index in [4.69, 9.17) is 5.73 Å². The van der Waals surface area contributed by atoms with Gasteiger partial charge in [0.15, 0.2) is 0 Å². The quantitative estimate of drug-likeness (QED) is 0.892. The molecule has 20 heavy (non-hydrogen) atoms. The van der Waals surface area contributed by atoms with Gasteiger partial charge in [-0.25, -0.2) is 0 Å². The van der Waals surface area contributed by atoms with Gasteiger partial charge in [0.25, 0.3) is 5.91 Å². The fourth-order valence-electron chi connectivity index (χ4n) is 2.88. The summed E-state index contributed by atoms with van der Waals surface area (Å²) in [4.78, 5) is 24.4. The van der Waals surface area contributed by atoms with Crippen LogP contribution in [0, 0.1) is 6.92 Å². The van der Waals surface area contributed by atoms with Gasteiger partial charge in [-0.05, 0) is 54.9 Å². The molecule has 1 aliphatic carbocycles. The Hall–Kier alpha value is -1.84. The van der Waals surface area contributed by atoms with E-state index in [0.29, 0.717) is 11.0 Å². The standard InChI is InChI=1S/C16H22N2O2/c1-4-16(7-8-16)13-6-5-12(9-11(13)2)15(20)18(3)10-14(17)19/h5-6,9H,4,7-8,10H2,1-3H3,(H2,17,19). The molecule has 0 bridgehead atoms. The summed E-state index contributed by atoms with van der Waals surface area (Å²) in [6.45, 7) is 4.21. The fraction of sp³-hybridized carbons (Fsp3) is 0.500. The number of likely N-dealkylation sites (N-methyl/N-ethyl adjacent to an activating group) is 1. The van der Waals surface area contributed by atoms with Gasteiger partial charge in [0.2, 0.25) is 5.91 Å². The third-order valence-corrected chi connectivity index (χ3v) is 4.31. The molecule has 4 heteroatoms. The zero-order valence-corrected chi connectivity index (χ0v) is 12.4. The second kappa shape index (κ2) is 5.27. The maximum Gasteiger partial charge on any atom is 0.254 e. The number of rotatable bonds is 5. The molecule has 0 spiro atoms. The van der Waals surface area contributed by atoms with Crippen LogP contribution in [0.3, 0.4) is 0 Å². The van der Waals surface area contributed by atoms with Crippen LogP contribution >= 0.6 is 0 Å². The minimum absolute atomic E-state index is 0.0570. The number of aryl methyl sites for hydroxylation is 1. The van der Waals surface area contributed by atoms with Crippen molar-refractivity contribution in [2.45, 2.75) is 38.5 Å². The van der Waals surface area contributed by atoms with Gasteiger partial charge in [-0.2, -0.15) is 0 Å². The van der Waals surface area contributed by atoms with E-state index in [1.807, 2.05) is 12.1 Å². The van der Waals surface area contributed by atoms with Crippen molar-refractivity contribution >= 4 is 11.8 Å². The van der Waals surface area contributed by atoms with E-state index in [0.717, 1.165) is 12.0 Å². The number of carbonyl (C=O) groups excluding carboxylic acids is 2. The Morgan fingerprint density at radius 3 is 2.45 bits per heavy atom. The van der Waals surface area contributed by atoms with Crippen molar-refractivity contribution in [2.24, 2.45) is 5.73 Å². The van der Waals surface area contributed by atoms with E-state index in [1.165, 1.54) is 23.3 Å². The predicted molar refractivity (Wildman–Crippen MR) is 78.5 cm³/mol. The SMILES string of the molecule is CCC1(c2ccc(C(=O)N(C)CC(N)=O)cc2C)CC1. The monoisotopic (exact) mass is 274 g/mol. The zero-order valence-electron chi connectivity index (χ0n) is 12.4. The molecule has 0 unspecified atom stereocenters. The number of nitrogens with two attached hydrogens (primary N) is 1. The summed E-state index contributed by atoms with van der Waals surface area (Å²) in [5.74, 6) is -0.670. The van der Waals surface area contributed by atoms with Crippen molar-refractivity contribution in [3.05, 3.63) is 34.9 Å². The first-order valence-electron chi connectivity index (χ1n) is 7.04. The summed E-state index contributed by atoms with van der Waals surface area (Å²) in [6.07, 6.45) is 3.61. The molecule has 108 valence electrons. The average molecular weight is 274 g/mol. The van der Waals surface area contributed by atoms with E-state index < -0.39 is 5.91 Å². The minimum atomic E-state index is -0.503. The van der Waals surface area contributed by atoms with E-state index >= 15 is 0 Å². The summed E-state index contributed by atoms with van der Waals surface area (Å²) in [6, 6.07) is 5.85. The molecule has 1 aliphatic rings. The van der Waals surface area contributed by atoms with E-state index in [-0.39, 0.29) is 12.5 Å². The number of hydrogen-bond acceptors (Lipinski definition) is 2. The lowest BCUT2D eigenvalue weighted by Crippen LogP contribution is -2.35. The van der Waals surface area contributed by atoms with Crippen molar-refractivity contribution in [1.82, 2.24) is 4.90 Å². The molecule has 0 atom stereocenters. The maximum absolute atomic E-state index is 12.2. The third kappa shape index (κ3) is 2.69. The first-order chi connectivity index (χ1) is 9.39. The van der Waals surface area contributed by atoms with Crippen molar-refractivity contribution in [2.75, 3.05) is 13.6 Å². The van der Waals surface area contributed by atoms with Crippen LogP contribution in [0.15, 0.2) is 18.2 Å². The number of primary amides is 1. The highest BCUT2D eigenvalue weighted by atomic mass is 16.2. The van der Waals surface area contributed by atoms with Gasteiger partial charge in [0.05, 0.1) is 6.54 Å². The molecule has 0 radical (unpaired) electrons. The molecule has 0 aromatic heterocycles. The summed E-state index contributed by atoms with van der Waals surface area (Å²) >= 11 is 0. The highest BCUT2D eigenvalue weighted by Crippen LogP contribution is 2.51. The van der Waals surface area contributed by atoms with Crippen molar-refractivity contribution in [3.63, 3.8) is 0 Å². The molecule has 0 aliphatic heterocycles. The summed E-state index contributed by atoms with van der Waals surface area (Å²) in [7, 11) is 1.59. The fourth-order valence-corrected chi connectivity index (χ4v) is 2.88. The lowest BCUT2D eigenvalue weighted by Gasteiger charge is -2.19. The molecular weight excluding hydrogens is 252 g/mol. The Bertz CT molecular complexity index is 547. The second-order valence-corrected chi connectivity index (χ2v) is 5.79. The normalized spacial score (nSPS) is 15.8. The number of nitrogens with zero attached hydrogens (tertiary/aromatic N) is 1. The number of hydrogen-bond donors (Lipinski definition) is 1. The first kappa shape index (κ1) is 14.6. The first-order valence-corrected chi connectivity index (χ1v) is 7.04. The largest absolute Gasteiger partial charge is 0.368 e. The van der Waals surface area contributed by atoms with E-state index in [1.54, 1.807) is 7.05 Å². The van der Waals surface area contributed by atoms with Crippen LogP contribution in [-0.2, 0) is 10.2 Å². The third-order valence-electron chi connectivity index (χ3n) is 4.31. The Morgan fingerprint density at radius 2 is 2.00 bits per heavy atom. The molecule has 1 saturated carbocycles. The Morgan fingerprint density at radius 1 is 1.35 bits per heavy atom. The maximum atomic E-state index is 12.2. The Labute approximate surface area is 119 Å². The summed E-state index contributed by atoms with van der Waals surface area (Å²) in [5.41, 5.74) is 8.58. The predicted octanol–water partition coefficient (Wildman–Crippen LogP) is 1.99. The molecule has 4 nitrogen and oxygen atoms in total. The molecule has 1 aromatic rings. The van der Waals surface area contributed by atoms with Gasteiger partial charge < -0.3 is 10.6 Å². The Balaban J connectivity index is 2.21. The van der Waals surface area contributed by atoms with Crippen molar-refractivity contribution in [1.29, 1.82) is 0 Å². The lowest BCUT2D eigenvalue weighted by molar-refractivity contribution is -0.118. The van der Waals surface area contributed by atoms with Gasteiger partial charge in [0.1, 0.15) is 0 Å². The van der Waals surface area contributed by atoms with Gasteiger partial charge in [-0.15, -0.1) is 0 Å². The second-order valence-electron chi connectivity index (χ2n) is 5.79. The van der Waals surface area contributed by atoms with Gasteiger partial charge in [-0.3, -0.25) is 9.59 Å². The highest BCUT2D eigenvalue weighted by molar-refractivity contribution is 5.96. The van der Waals surface area contributed by atoms with Crippen LogP contribution in [0.1, 0.15) is 47.7 Å². The van der Waals surface area contributed by atoms with Crippen LogP contribution in [0.25, 0.3) is 0 Å². The van der Waals surface area contributed by atoms with Crippen LogP contribution in [-0.4, -0.2) is 30.3 Å². The number of amides is 2. The number of benzene rings is 1. The average Bonchev–Trinajstić information content (AvgIpc) is 3.17. The van der Waals surface area contributed by atoms with Crippen LogP contribution < -0.4 is 5.73 Å². The van der Waals surface area contributed by atoms with E-state index in [9.17, 15) is 9.59 Å². The van der Waals surface area contributed by atoms with Gasteiger partial charge >= 0.3 is 0 Å². The zero-order chi connectivity index (χ0) is 14.9. The van der Waals surface area contributed by atoms with Gasteiger partial charge in [0, 0.05) is 12.6 Å². The summed E-state index contributed by atoms with van der Waals surface area (Å²) < 4.78 is 0. The molecular formula is C16H22N2O2. The molecule has 2 rings (SSSR count). The van der Waals surface area contributed by atoms with Crippen LogP contribution in [0.4, 0.5) is 0 Å². The smallest absolute Gasteiger partial charge is 0.254 e. The molecule has 1 aromatic carbocycles. The lowest BCUT2D eigenvalue weighted by atomic mass is 9.88. The van der Waals surface area contributed by atoms with Gasteiger partial charge in [-0.1, -0.05) is 13.0 Å². The van der Waals surface area contributed by atoms with Crippen molar-refractivity contribution < 1.29 is 9.59 Å². The molecule has 2 N–H and O–H groups in total. The molecule has 2 amide bonds. The Kier molecular flexibility index (Phi) is 3.84. The van der Waals surface area contributed by atoms with E-state index in [2.05, 4.69) is 19.9 Å².